The molecule has 0 heterocycles. The average molecular weight is 201 g/mol. The highest BCUT2D eigenvalue weighted by atomic mass is 14.7. The van der Waals surface area contributed by atoms with E-state index < -0.39 is 0 Å². The monoisotopic (exact) mass is 201 g/mol. The van der Waals surface area contributed by atoms with Crippen LogP contribution in [-0.2, 0) is 0 Å². The van der Waals surface area contributed by atoms with Crippen molar-refractivity contribution in [1.29, 1.82) is 0 Å². The molecule has 15 heavy (non-hydrogen) atoms. The molecule has 1 rings (SSSR count). The number of nitrogens with zero attached hydrogens (tertiary/aromatic N) is 1. The van der Waals surface area contributed by atoms with Crippen LogP contribution in [0, 0.1) is 6.92 Å². The molecule has 0 fully saturated rings. The maximum absolute atomic E-state index is 4.16. The predicted octanol–water partition coefficient (Wildman–Crippen LogP) is 3.88. The van der Waals surface area contributed by atoms with Gasteiger partial charge in [-0.1, -0.05) is 36.8 Å². The van der Waals surface area contributed by atoms with E-state index in [2.05, 4.69) is 49.2 Å². The van der Waals surface area contributed by atoms with Gasteiger partial charge in [-0.05, 0) is 37.5 Å². The molecule has 1 heteroatoms. The van der Waals surface area contributed by atoms with Crippen LogP contribution in [0.15, 0.2) is 35.3 Å². The van der Waals surface area contributed by atoms with E-state index in [1.54, 1.807) is 0 Å². The molecular weight excluding hydrogens is 182 g/mol. The van der Waals surface area contributed by atoms with Crippen LogP contribution in [0.2, 0.25) is 0 Å². The number of hydrogen-bond donors (Lipinski definition) is 0. The fourth-order valence-corrected chi connectivity index (χ4v) is 1.55. The summed E-state index contributed by atoms with van der Waals surface area (Å²) in [7, 11) is 1.83. The molecule has 1 nitrogen and oxygen atoms in total. The summed E-state index contributed by atoms with van der Waals surface area (Å²) < 4.78 is 0. The van der Waals surface area contributed by atoms with Crippen LogP contribution in [0.1, 0.15) is 31.4 Å². The van der Waals surface area contributed by atoms with Crippen molar-refractivity contribution in [3.63, 3.8) is 0 Å². The standard InChI is InChI=1S/C14H19N/c1-5-13(10-12(3)15-4)14-8-6-7-11(2)9-14/h6-10H,5H2,1-4H3/b13-10+,15-12?. The first-order valence-electron chi connectivity index (χ1n) is 5.38. The van der Waals surface area contributed by atoms with E-state index in [1.165, 1.54) is 16.7 Å². The van der Waals surface area contributed by atoms with Crippen LogP contribution in [-0.4, -0.2) is 12.8 Å². The quantitative estimate of drug-likeness (QED) is 0.658. The number of aryl methyl sites for hydroxylation is 1. The topological polar surface area (TPSA) is 12.4 Å². The summed E-state index contributed by atoms with van der Waals surface area (Å²) in [6.45, 7) is 6.33. The molecule has 0 amide bonds. The van der Waals surface area contributed by atoms with Gasteiger partial charge < -0.3 is 0 Å². The van der Waals surface area contributed by atoms with E-state index in [0.717, 1.165) is 12.1 Å². The Balaban J connectivity index is 3.08. The van der Waals surface area contributed by atoms with Crippen molar-refractivity contribution in [2.75, 3.05) is 7.05 Å². The third-order valence-electron chi connectivity index (χ3n) is 2.51. The van der Waals surface area contributed by atoms with Gasteiger partial charge in [-0.15, -0.1) is 0 Å². The van der Waals surface area contributed by atoms with Crippen LogP contribution in [0.5, 0.6) is 0 Å². The van der Waals surface area contributed by atoms with Gasteiger partial charge >= 0.3 is 0 Å². The van der Waals surface area contributed by atoms with E-state index in [0.29, 0.717) is 0 Å². The zero-order chi connectivity index (χ0) is 11.3. The summed E-state index contributed by atoms with van der Waals surface area (Å²) in [6.07, 6.45) is 3.20. The molecule has 0 aliphatic heterocycles. The molecule has 0 aromatic heterocycles. The first kappa shape index (κ1) is 11.7. The van der Waals surface area contributed by atoms with Gasteiger partial charge in [0.25, 0.3) is 0 Å². The second-order valence-corrected chi connectivity index (χ2v) is 3.76. The number of allylic oxidation sites excluding steroid dienone is 2. The second-order valence-electron chi connectivity index (χ2n) is 3.76. The van der Waals surface area contributed by atoms with E-state index in [9.17, 15) is 0 Å². The lowest BCUT2D eigenvalue weighted by Gasteiger charge is -2.06. The van der Waals surface area contributed by atoms with Gasteiger partial charge in [-0.3, -0.25) is 4.99 Å². The molecule has 0 unspecified atom stereocenters. The highest BCUT2D eigenvalue weighted by Crippen LogP contribution is 2.19. The second kappa shape index (κ2) is 5.50. The molecule has 1 aromatic carbocycles. The first-order valence-corrected chi connectivity index (χ1v) is 5.38. The van der Waals surface area contributed by atoms with Gasteiger partial charge in [0.2, 0.25) is 0 Å². The van der Waals surface area contributed by atoms with E-state index in [-0.39, 0.29) is 0 Å². The molecule has 0 aliphatic carbocycles. The lowest BCUT2D eigenvalue weighted by molar-refractivity contribution is 1.23. The van der Waals surface area contributed by atoms with Crippen molar-refractivity contribution in [3.05, 3.63) is 41.5 Å². The molecule has 0 spiro atoms. The molecule has 0 saturated heterocycles. The Morgan fingerprint density at radius 1 is 1.40 bits per heavy atom. The molecule has 0 atom stereocenters. The lowest BCUT2D eigenvalue weighted by atomic mass is 10.0. The Morgan fingerprint density at radius 3 is 2.67 bits per heavy atom. The van der Waals surface area contributed by atoms with Gasteiger partial charge in [0.05, 0.1) is 0 Å². The van der Waals surface area contributed by atoms with Gasteiger partial charge in [0.1, 0.15) is 0 Å². The molecule has 0 radical (unpaired) electrons. The van der Waals surface area contributed by atoms with Crippen LogP contribution < -0.4 is 0 Å². The van der Waals surface area contributed by atoms with Crippen molar-refractivity contribution in [3.8, 4) is 0 Å². The molecule has 0 aliphatic rings. The maximum atomic E-state index is 4.16. The maximum Gasteiger partial charge on any atom is 0.0316 e. The van der Waals surface area contributed by atoms with Crippen molar-refractivity contribution < 1.29 is 0 Å². The number of rotatable bonds is 3. The summed E-state index contributed by atoms with van der Waals surface area (Å²) in [4.78, 5) is 4.16. The molecule has 0 N–H and O–H groups in total. The molecule has 0 saturated carbocycles. The number of hydrogen-bond acceptors (Lipinski definition) is 1. The van der Waals surface area contributed by atoms with E-state index in [1.807, 2.05) is 14.0 Å². The Kier molecular flexibility index (Phi) is 4.29. The highest BCUT2D eigenvalue weighted by Gasteiger charge is 1.99. The first-order chi connectivity index (χ1) is 7.17. The van der Waals surface area contributed by atoms with Crippen molar-refractivity contribution in [2.24, 2.45) is 4.99 Å². The normalized spacial score (nSPS) is 13.1. The van der Waals surface area contributed by atoms with E-state index in [4.69, 9.17) is 0 Å². The van der Waals surface area contributed by atoms with Gasteiger partial charge in [-0.2, -0.15) is 0 Å². The third-order valence-corrected chi connectivity index (χ3v) is 2.51. The molecule has 1 aromatic rings. The summed E-state index contributed by atoms with van der Waals surface area (Å²) in [5.41, 5.74) is 5.04. The summed E-state index contributed by atoms with van der Waals surface area (Å²) >= 11 is 0. The van der Waals surface area contributed by atoms with Crippen LogP contribution >= 0.6 is 0 Å². The number of aliphatic imine (C=N–C) groups is 1. The number of benzene rings is 1. The van der Waals surface area contributed by atoms with Crippen molar-refractivity contribution in [1.82, 2.24) is 0 Å². The largest absolute Gasteiger partial charge is 0.293 e. The Morgan fingerprint density at radius 2 is 2.13 bits per heavy atom. The minimum atomic E-state index is 1.04. The molecule has 80 valence electrons. The lowest BCUT2D eigenvalue weighted by Crippen LogP contribution is -1.90. The van der Waals surface area contributed by atoms with Gasteiger partial charge in [0.15, 0.2) is 0 Å². The minimum absolute atomic E-state index is 1.04. The average Bonchev–Trinajstić information content (AvgIpc) is 2.25. The fraction of sp³-hybridized carbons (Fsp3) is 0.357. The van der Waals surface area contributed by atoms with Crippen molar-refractivity contribution in [2.45, 2.75) is 27.2 Å². The molecule has 0 bridgehead atoms. The van der Waals surface area contributed by atoms with Gasteiger partial charge in [-0.25, -0.2) is 0 Å². The summed E-state index contributed by atoms with van der Waals surface area (Å²) in [6, 6.07) is 8.60. The third kappa shape index (κ3) is 3.35. The van der Waals surface area contributed by atoms with Gasteiger partial charge in [0, 0.05) is 12.8 Å². The summed E-state index contributed by atoms with van der Waals surface area (Å²) in [5.74, 6) is 0. The van der Waals surface area contributed by atoms with Crippen molar-refractivity contribution >= 4 is 11.3 Å². The SMILES string of the molecule is CC/C(=C\C(C)=NC)c1cccc(C)c1. The zero-order valence-corrected chi connectivity index (χ0v) is 10.0. The highest BCUT2D eigenvalue weighted by molar-refractivity contribution is 5.99. The van der Waals surface area contributed by atoms with Crippen LogP contribution in [0.25, 0.3) is 5.57 Å². The van der Waals surface area contributed by atoms with Crippen LogP contribution in [0.3, 0.4) is 0 Å². The Hall–Kier alpha value is -1.37. The smallest absolute Gasteiger partial charge is 0.0316 e. The Labute approximate surface area is 92.6 Å². The molecular formula is C14H19N. The van der Waals surface area contributed by atoms with E-state index >= 15 is 0 Å². The fourth-order valence-electron chi connectivity index (χ4n) is 1.55. The zero-order valence-electron chi connectivity index (χ0n) is 10.0. The predicted molar refractivity (Wildman–Crippen MR) is 68.5 cm³/mol. The summed E-state index contributed by atoms with van der Waals surface area (Å²) in [5, 5.41) is 0. The van der Waals surface area contributed by atoms with Crippen LogP contribution in [0.4, 0.5) is 0 Å². The Bertz CT molecular complexity index is 386. The minimum Gasteiger partial charge on any atom is -0.293 e.